The van der Waals surface area contributed by atoms with E-state index in [4.69, 9.17) is 4.98 Å². The second-order valence-electron chi connectivity index (χ2n) is 6.91. The van der Waals surface area contributed by atoms with Crippen LogP contribution in [0.4, 0.5) is 11.5 Å². The zero-order chi connectivity index (χ0) is 19.3. The molecule has 1 aromatic heterocycles. The molecular weight excluding hydrogens is 350 g/mol. The number of para-hydroxylation sites is 1. The third-order valence-corrected chi connectivity index (χ3v) is 4.84. The Morgan fingerprint density at radius 3 is 2.21 bits per heavy atom. The summed E-state index contributed by atoms with van der Waals surface area (Å²) < 4.78 is 0. The summed E-state index contributed by atoms with van der Waals surface area (Å²) in [5, 5.41) is 2.92. The molecule has 0 radical (unpaired) electrons. The van der Waals surface area contributed by atoms with E-state index in [-0.39, 0.29) is 5.91 Å². The van der Waals surface area contributed by atoms with Crippen LogP contribution in [0.15, 0.2) is 66.7 Å². The molecule has 0 aliphatic carbocycles. The van der Waals surface area contributed by atoms with E-state index >= 15 is 0 Å². The van der Waals surface area contributed by atoms with Crippen LogP contribution in [0, 0.1) is 0 Å². The van der Waals surface area contributed by atoms with Crippen molar-refractivity contribution in [1.82, 2.24) is 14.9 Å². The number of rotatable bonds is 4. The van der Waals surface area contributed by atoms with E-state index in [9.17, 15) is 4.79 Å². The molecule has 1 aliphatic heterocycles. The minimum absolute atomic E-state index is 0.235. The van der Waals surface area contributed by atoms with E-state index in [1.165, 1.54) is 0 Å². The van der Waals surface area contributed by atoms with E-state index in [0.29, 0.717) is 11.5 Å². The van der Waals surface area contributed by atoms with Crippen LogP contribution < -0.4 is 10.2 Å². The predicted octanol–water partition coefficient (Wildman–Crippen LogP) is 3.15. The Kier molecular flexibility index (Phi) is 5.30. The maximum absolute atomic E-state index is 12.9. The fourth-order valence-corrected chi connectivity index (χ4v) is 3.18. The van der Waals surface area contributed by atoms with Crippen LogP contribution in [0.2, 0.25) is 0 Å². The first kappa shape index (κ1) is 18.1. The molecule has 1 saturated heterocycles. The van der Waals surface area contributed by atoms with Gasteiger partial charge in [0.15, 0.2) is 5.82 Å². The number of hydrogen-bond acceptors (Lipinski definition) is 5. The lowest BCUT2D eigenvalue weighted by molar-refractivity contribution is 0.102. The van der Waals surface area contributed by atoms with Crippen LogP contribution in [0.5, 0.6) is 0 Å². The van der Waals surface area contributed by atoms with Crippen LogP contribution >= 0.6 is 0 Å². The van der Waals surface area contributed by atoms with Gasteiger partial charge in [0.1, 0.15) is 11.5 Å². The van der Waals surface area contributed by atoms with E-state index in [0.717, 1.165) is 43.2 Å². The highest BCUT2D eigenvalue weighted by Crippen LogP contribution is 2.22. The van der Waals surface area contributed by atoms with Gasteiger partial charge in [0.05, 0.1) is 0 Å². The van der Waals surface area contributed by atoms with Gasteiger partial charge < -0.3 is 15.1 Å². The molecule has 1 amide bonds. The van der Waals surface area contributed by atoms with Crippen LogP contribution in [0.1, 0.15) is 10.5 Å². The van der Waals surface area contributed by atoms with Gasteiger partial charge in [-0.15, -0.1) is 0 Å². The third kappa shape index (κ3) is 4.18. The summed E-state index contributed by atoms with van der Waals surface area (Å²) >= 11 is 0. The monoisotopic (exact) mass is 373 g/mol. The number of benzene rings is 2. The molecule has 1 N–H and O–H groups in total. The summed E-state index contributed by atoms with van der Waals surface area (Å²) in [4.78, 5) is 26.7. The fourth-order valence-electron chi connectivity index (χ4n) is 3.18. The summed E-state index contributed by atoms with van der Waals surface area (Å²) in [5.74, 6) is 1.12. The number of anilines is 2. The van der Waals surface area contributed by atoms with E-state index in [1.54, 1.807) is 6.07 Å². The summed E-state index contributed by atoms with van der Waals surface area (Å²) in [6.07, 6.45) is 0. The van der Waals surface area contributed by atoms with Gasteiger partial charge in [-0.25, -0.2) is 9.97 Å². The molecule has 4 rings (SSSR count). The minimum Gasteiger partial charge on any atom is -0.354 e. The predicted molar refractivity (Wildman–Crippen MR) is 112 cm³/mol. The summed E-state index contributed by atoms with van der Waals surface area (Å²) in [5.41, 5.74) is 2.01. The standard InChI is InChI=1S/C22H23N5O/c1-26-12-14-27(15-13-26)20-16-19(22(28)23-18-10-6-3-7-11-18)24-21(25-20)17-8-4-2-5-9-17/h2-11,16H,12-15H2,1H3,(H,23,28). The molecule has 6 nitrogen and oxygen atoms in total. The zero-order valence-corrected chi connectivity index (χ0v) is 15.9. The summed E-state index contributed by atoms with van der Waals surface area (Å²) in [6, 6.07) is 21.0. The Labute approximate surface area is 164 Å². The third-order valence-electron chi connectivity index (χ3n) is 4.84. The molecular formula is C22H23N5O. The average molecular weight is 373 g/mol. The van der Waals surface area contributed by atoms with Crippen molar-refractivity contribution in [2.45, 2.75) is 0 Å². The first-order chi connectivity index (χ1) is 13.7. The highest BCUT2D eigenvalue weighted by molar-refractivity contribution is 6.03. The van der Waals surface area contributed by atoms with Gasteiger partial charge in [-0.3, -0.25) is 4.79 Å². The van der Waals surface area contributed by atoms with Gasteiger partial charge in [-0.1, -0.05) is 48.5 Å². The van der Waals surface area contributed by atoms with E-state index in [1.807, 2.05) is 60.7 Å². The average Bonchev–Trinajstić information content (AvgIpc) is 2.75. The lowest BCUT2D eigenvalue weighted by Crippen LogP contribution is -2.45. The van der Waals surface area contributed by atoms with Crippen LogP contribution in [0.3, 0.4) is 0 Å². The molecule has 142 valence electrons. The molecule has 0 unspecified atom stereocenters. The molecule has 0 atom stereocenters. The van der Waals surface area contributed by atoms with Crippen molar-refractivity contribution in [2.24, 2.45) is 0 Å². The number of nitrogens with one attached hydrogen (secondary N) is 1. The van der Waals surface area contributed by atoms with Crippen LogP contribution in [-0.2, 0) is 0 Å². The first-order valence-electron chi connectivity index (χ1n) is 9.43. The van der Waals surface area contributed by atoms with Gasteiger partial charge >= 0.3 is 0 Å². The van der Waals surface area contributed by atoms with Crippen molar-refractivity contribution < 1.29 is 4.79 Å². The van der Waals surface area contributed by atoms with Crippen molar-refractivity contribution in [3.8, 4) is 11.4 Å². The Bertz CT molecular complexity index is 938. The lowest BCUT2D eigenvalue weighted by Gasteiger charge is -2.33. The smallest absolute Gasteiger partial charge is 0.274 e. The van der Waals surface area contributed by atoms with Crippen LogP contribution in [0.25, 0.3) is 11.4 Å². The Morgan fingerprint density at radius 2 is 1.54 bits per heavy atom. The van der Waals surface area contributed by atoms with Gasteiger partial charge in [0.25, 0.3) is 5.91 Å². The van der Waals surface area contributed by atoms with E-state index in [2.05, 4.69) is 27.1 Å². The molecule has 2 aromatic carbocycles. The maximum Gasteiger partial charge on any atom is 0.274 e. The molecule has 3 aromatic rings. The van der Waals surface area contributed by atoms with Crippen molar-refractivity contribution in [2.75, 3.05) is 43.4 Å². The van der Waals surface area contributed by atoms with Gasteiger partial charge in [-0.2, -0.15) is 0 Å². The highest BCUT2D eigenvalue weighted by atomic mass is 16.1. The summed E-state index contributed by atoms with van der Waals surface area (Å²) in [6.45, 7) is 3.69. The van der Waals surface area contributed by atoms with Gasteiger partial charge in [0.2, 0.25) is 0 Å². The number of nitrogens with zero attached hydrogens (tertiary/aromatic N) is 4. The molecule has 1 fully saturated rings. The number of carbonyl (C=O) groups excluding carboxylic acids is 1. The molecule has 1 aliphatic rings. The Morgan fingerprint density at radius 1 is 0.893 bits per heavy atom. The number of carbonyl (C=O) groups is 1. The first-order valence-corrected chi connectivity index (χ1v) is 9.43. The van der Waals surface area contributed by atoms with Gasteiger partial charge in [0, 0.05) is 43.5 Å². The highest BCUT2D eigenvalue weighted by Gasteiger charge is 2.20. The fraction of sp³-hybridized carbons (Fsp3) is 0.227. The van der Waals surface area contributed by atoms with Crippen molar-refractivity contribution in [1.29, 1.82) is 0 Å². The van der Waals surface area contributed by atoms with Crippen molar-refractivity contribution in [3.05, 3.63) is 72.4 Å². The van der Waals surface area contributed by atoms with Crippen LogP contribution in [-0.4, -0.2) is 54.0 Å². The Hall–Kier alpha value is -3.25. The second kappa shape index (κ2) is 8.19. The molecule has 6 heteroatoms. The lowest BCUT2D eigenvalue weighted by atomic mass is 10.2. The molecule has 2 heterocycles. The Balaban J connectivity index is 1.68. The molecule has 0 saturated carbocycles. The second-order valence-corrected chi connectivity index (χ2v) is 6.91. The SMILES string of the molecule is CN1CCN(c2cc(C(=O)Nc3ccccc3)nc(-c3ccccc3)n2)CC1. The van der Waals surface area contributed by atoms with Crippen molar-refractivity contribution >= 4 is 17.4 Å². The molecule has 0 bridgehead atoms. The topological polar surface area (TPSA) is 61.4 Å². The number of piperazine rings is 1. The van der Waals surface area contributed by atoms with E-state index < -0.39 is 0 Å². The van der Waals surface area contributed by atoms with Crippen molar-refractivity contribution in [3.63, 3.8) is 0 Å². The number of likely N-dealkylation sites (N-methyl/N-ethyl adjacent to an activating group) is 1. The quantitative estimate of drug-likeness (QED) is 0.761. The number of hydrogen-bond donors (Lipinski definition) is 1. The number of amides is 1. The largest absolute Gasteiger partial charge is 0.354 e. The number of aromatic nitrogens is 2. The normalized spacial score (nSPS) is 14.7. The zero-order valence-electron chi connectivity index (χ0n) is 15.9. The summed E-state index contributed by atoms with van der Waals surface area (Å²) in [7, 11) is 2.12. The van der Waals surface area contributed by atoms with Gasteiger partial charge in [-0.05, 0) is 19.2 Å². The molecule has 0 spiro atoms. The maximum atomic E-state index is 12.9. The minimum atomic E-state index is -0.235. The molecule has 28 heavy (non-hydrogen) atoms.